The summed E-state index contributed by atoms with van der Waals surface area (Å²) in [6.45, 7) is 3.03. The molecule has 0 radical (unpaired) electrons. The van der Waals surface area contributed by atoms with Crippen LogP contribution in [0.4, 0.5) is 5.95 Å². The van der Waals surface area contributed by atoms with Gasteiger partial charge in [-0.1, -0.05) is 0 Å². The minimum absolute atomic E-state index is 0.00869. The van der Waals surface area contributed by atoms with Crippen LogP contribution in [0.1, 0.15) is 45.1 Å². The van der Waals surface area contributed by atoms with Crippen molar-refractivity contribution in [3.63, 3.8) is 0 Å². The highest BCUT2D eigenvalue weighted by Gasteiger charge is 2.41. The van der Waals surface area contributed by atoms with Crippen molar-refractivity contribution in [1.29, 1.82) is 5.26 Å². The average Bonchev–Trinajstić information content (AvgIpc) is 3.11. The van der Waals surface area contributed by atoms with Gasteiger partial charge in [0.05, 0.1) is 23.6 Å². The number of aromatic nitrogens is 3. The Kier molecular flexibility index (Phi) is 5.84. The first-order valence-corrected chi connectivity index (χ1v) is 13.1. The summed E-state index contributed by atoms with van der Waals surface area (Å²) < 4.78 is 29.9. The van der Waals surface area contributed by atoms with Gasteiger partial charge < -0.3 is 10.4 Å². The minimum Gasteiger partial charge on any atom is -0.388 e. The molecule has 2 N–H and O–H groups in total. The second-order valence-corrected chi connectivity index (χ2v) is 11.7. The van der Waals surface area contributed by atoms with Crippen molar-refractivity contribution in [2.24, 2.45) is 5.92 Å². The van der Waals surface area contributed by atoms with Gasteiger partial charge in [-0.15, -0.1) is 0 Å². The van der Waals surface area contributed by atoms with Gasteiger partial charge in [0, 0.05) is 49.9 Å². The van der Waals surface area contributed by atoms with Crippen LogP contribution in [0, 0.1) is 17.2 Å². The number of anilines is 1. The second-order valence-electron chi connectivity index (χ2n) is 9.75. The quantitative estimate of drug-likeness (QED) is 0.631. The molecule has 34 heavy (non-hydrogen) atoms. The SMILES string of the molecule is C[C@@]1(O)CCC[C@H]1n1c(=O)ccc2cnc(NC3CCN(S(=O)(=O)N4CC(C#N)C4)CC3)nc21. The molecular formula is C22H29N7O4S. The van der Waals surface area contributed by atoms with Gasteiger partial charge in [0.1, 0.15) is 5.65 Å². The Hall–Kier alpha value is -2.59. The third kappa shape index (κ3) is 4.07. The first kappa shape index (κ1) is 23.2. The van der Waals surface area contributed by atoms with E-state index >= 15 is 0 Å². The maximum absolute atomic E-state index is 12.8. The van der Waals surface area contributed by atoms with Crippen LogP contribution in [0.3, 0.4) is 0 Å². The number of piperidine rings is 1. The fourth-order valence-electron chi connectivity index (χ4n) is 5.23. The standard InChI is InChI=1S/C22H29N7O4S/c1-22(31)8-2-3-18(22)29-19(30)5-4-16-12-24-21(26-20(16)29)25-17-6-9-27(10-7-17)34(32,33)28-13-15(11-23)14-28/h4-5,12,15,17-18,31H,2-3,6-10,13-14H2,1H3,(H,24,25,26)/t18-,22-/m1/s1. The summed E-state index contributed by atoms with van der Waals surface area (Å²) in [7, 11) is -3.53. The van der Waals surface area contributed by atoms with Crippen molar-refractivity contribution in [2.75, 3.05) is 31.5 Å². The van der Waals surface area contributed by atoms with E-state index in [9.17, 15) is 18.3 Å². The maximum Gasteiger partial charge on any atom is 0.282 e. The lowest BCUT2D eigenvalue weighted by Crippen LogP contribution is -2.56. The fourth-order valence-corrected chi connectivity index (χ4v) is 6.97. The topological polar surface area (TPSA) is 144 Å². The molecular weight excluding hydrogens is 458 g/mol. The van der Waals surface area contributed by atoms with E-state index in [-0.39, 0.29) is 36.7 Å². The highest BCUT2D eigenvalue weighted by molar-refractivity contribution is 7.86. The number of rotatable bonds is 5. The highest BCUT2D eigenvalue weighted by Crippen LogP contribution is 2.39. The smallest absolute Gasteiger partial charge is 0.282 e. The number of hydrogen-bond acceptors (Lipinski definition) is 8. The highest BCUT2D eigenvalue weighted by atomic mass is 32.2. The largest absolute Gasteiger partial charge is 0.388 e. The van der Waals surface area contributed by atoms with E-state index in [2.05, 4.69) is 21.4 Å². The zero-order chi connectivity index (χ0) is 24.1. The molecule has 5 rings (SSSR count). The normalized spacial score (nSPS) is 27.5. The van der Waals surface area contributed by atoms with Crippen molar-refractivity contribution in [3.8, 4) is 6.07 Å². The van der Waals surface area contributed by atoms with Gasteiger partial charge >= 0.3 is 0 Å². The summed E-state index contributed by atoms with van der Waals surface area (Å²) in [5.74, 6) is 0.162. The van der Waals surface area contributed by atoms with Gasteiger partial charge in [0.2, 0.25) is 5.95 Å². The Labute approximate surface area is 198 Å². The van der Waals surface area contributed by atoms with Gasteiger partial charge in [0.15, 0.2) is 0 Å². The van der Waals surface area contributed by atoms with Crippen molar-refractivity contribution in [1.82, 2.24) is 23.1 Å². The molecule has 3 aliphatic rings. The zero-order valence-corrected chi connectivity index (χ0v) is 19.9. The Morgan fingerprint density at radius 3 is 2.59 bits per heavy atom. The summed E-state index contributed by atoms with van der Waals surface area (Å²) in [5, 5.41) is 23.7. The molecule has 0 amide bonds. The molecule has 1 saturated carbocycles. The van der Waals surface area contributed by atoms with E-state index in [0.29, 0.717) is 50.4 Å². The second kappa shape index (κ2) is 8.57. The number of nitrogens with one attached hydrogen (secondary N) is 1. The van der Waals surface area contributed by atoms with Crippen LogP contribution in [-0.4, -0.2) is 74.5 Å². The van der Waals surface area contributed by atoms with Crippen LogP contribution in [0.25, 0.3) is 11.0 Å². The molecule has 2 saturated heterocycles. The Bertz CT molecular complexity index is 1290. The molecule has 0 spiro atoms. The zero-order valence-electron chi connectivity index (χ0n) is 19.1. The molecule has 12 heteroatoms. The molecule has 3 fully saturated rings. The van der Waals surface area contributed by atoms with Gasteiger partial charge in [-0.3, -0.25) is 9.36 Å². The molecule has 1 aliphatic carbocycles. The van der Waals surface area contributed by atoms with E-state index in [4.69, 9.17) is 5.26 Å². The molecule has 2 aromatic heterocycles. The molecule has 0 aromatic carbocycles. The number of nitrogens with zero attached hydrogens (tertiary/aromatic N) is 6. The first-order chi connectivity index (χ1) is 16.2. The summed E-state index contributed by atoms with van der Waals surface area (Å²) in [4.78, 5) is 21.8. The molecule has 0 unspecified atom stereocenters. The number of pyridine rings is 1. The van der Waals surface area contributed by atoms with E-state index in [1.807, 2.05) is 0 Å². The Morgan fingerprint density at radius 2 is 1.94 bits per heavy atom. The van der Waals surface area contributed by atoms with Crippen LogP contribution in [0.2, 0.25) is 0 Å². The lowest BCUT2D eigenvalue weighted by atomic mass is 10.00. The van der Waals surface area contributed by atoms with E-state index in [1.54, 1.807) is 23.8 Å². The first-order valence-electron chi connectivity index (χ1n) is 11.7. The summed E-state index contributed by atoms with van der Waals surface area (Å²) in [5.41, 5.74) is -0.687. The van der Waals surface area contributed by atoms with Crippen molar-refractivity contribution in [3.05, 3.63) is 28.7 Å². The monoisotopic (exact) mass is 487 g/mol. The summed E-state index contributed by atoms with van der Waals surface area (Å²) >= 11 is 0. The predicted octanol–water partition coefficient (Wildman–Crippen LogP) is 0.844. The summed E-state index contributed by atoms with van der Waals surface area (Å²) in [6, 6.07) is 4.92. The third-order valence-corrected chi connectivity index (χ3v) is 9.30. The van der Waals surface area contributed by atoms with Crippen LogP contribution in [0.5, 0.6) is 0 Å². The Balaban J connectivity index is 1.30. The number of nitriles is 1. The number of fused-ring (bicyclic) bond motifs is 1. The van der Waals surface area contributed by atoms with Crippen LogP contribution in [-0.2, 0) is 10.2 Å². The molecule has 2 atom stereocenters. The van der Waals surface area contributed by atoms with Crippen molar-refractivity contribution >= 4 is 27.2 Å². The van der Waals surface area contributed by atoms with Gasteiger partial charge in [0.25, 0.3) is 15.8 Å². The molecule has 2 aromatic rings. The maximum atomic E-state index is 12.8. The van der Waals surface area contributed by atoms with Crippen LogP contribution >= 0.6 is 0 Å². The predicted molar refractivity (Wildman–Crippen MR) is 125 cm³/mol. The fraction of sp³-hybridized carbons (Fsp3) is 0.636. The lowest BCUT2D eigenvalue weighted by molar-refractivity contribution is 0.0267. The number of aliphatic hydroxyl groups is 1. The van der Waals surface area contributed by atoms with Crippen LogP contribution in [0.15, 0.2) is 23.1 Å². The van der Waals surface area contributed by atoms with Gasteiger partial charge in [-0.2, -0.15) is 27.3 Å². The van der Waals surface area contributed by atoms with Crippen molar-refractivity contribution in [2.45, 2.75) is 56.7 Å². The van der Waals surface area contributed by atoms with E-state index in [0.717, 1.165) is 11.8 Å². The van der Waals surface area contributed by atoms with Gasteiger partial charge in [-0.05, 0) is 45.1 Å². The van der Waals surface area contributed by atoms with E-state index in [1.165, 1.54) is 14.7 Å². The Morgan fingerprint density at radius 1 is 1.21 bits per heavy atom. The third-order valence-electron chi connectivity index (χ3n) is 7.33. The molecule has 2 aliphatic heterocycles. The summed E-state index contributed by atoms with van der Waals surface area (Å²) in [6.07, 6.45) is 5.03. The van der Waals surface area contributed by atoms with Gasteiger partial charge in [-0.25, -0.2) is 4.98 Å². The lowest BCUT2D eigenvalue weighted by Gasteiger charge is -2.40. The van der Waals surface area contributed by atoms with Crippen LogP contribution < -0.4 is 10.9 Å². The molecule has 182 valence electrons. The average molecular weight is 488 g/mol. The molecule has 4 heterocycles. The molecule has 11 nitrogen and oxygen atoms in total. The minimum atomic E-state index is -3.53. The van der Waals surface area contributed by atoms with Crippen molar-refractivity contribution < 1.29 is 13.5 Å². The van der Waals surface area contributed by atoms with E-state index < -0.39 is 15.8 Å². The molecule has 0 bridgehead atoms. The number of hydrogen-bond donors (Lipinski definition) is 2.